The van der Waals surface area contributed by atoms with Crippen molar-refractivity contribution < 1.29 is 27.4 Å². The zero-order valence-corrected chi connectivity index (χ0v) is 19.7. The number of nitrogens with one attached hydrogen (secondary N) is 1. The number of aromatic amines is 1. The predicted molar refractivity (Wildman–Crippen MR) is 127 cm³/mol. The second kappa shape index (κ2) is 10.6. The fraction of sp³-hybridized carbons (Fsp3) is 0.154. The normalized spacial score (nSPS) is 11.1. The predicted octanol–water partition coefficient (Wildman–Crippen LogP) is 6.79. The van der Waals surface area contributed by atoms with Gasteiger partial charge in [0, 0.05) is 18.5 Å². The number of halogens is 4. The van der Waals surface area contributed by atoms with E-state index < -0.39 is 11.7 Å². The van der Waals surface area contributed by atoms with Crippen molar-refractivity contribution in [2.45, 2.75) is 19.4 Å². The fourth-order valence-corrected chi connectivity index (χ4v) is 3.48. The molecule has 0 saturated carbocycles. The number of alkyl halides is 3. The molecule has 0 saturated heterocycles. The number of nitrogens with zero attached hydrogens (tertiary/aromatic N) is 2. The fourth-order valence-electron chi connectivity index (χ4n) is 3.32. The number of methoxy groups -OCH3 is 1. The first-order valence-electron chi connectivity index (χ1n) is 10.6. The minimum absolute atomic E-state index is 0.0941. The molecule has 0 radical (unpaired) electrons. The number of benzene rings is 2. The Balaban J connectivity index is 1.59. The van der Waals surface area contributed by atoms with Crippen molar-refractivity contribution in [1.29, 1.82) is 5.26 Å². The summed E-state index contributed by atoms with van der Waals surface area (Å²) in [5.74, 6) is 1.16. The van der Waals surface area contributed by atoms with Crippen LogP contribution >= 0.6 is 11.6 Å². The lowest BCUT2D eigenvalue weighted by Crippen LogP contribution is -2.02. The van der Waals surface area contributed by atoms with Gasteiger partial charge in [0.1, 0.15) is 30.8 Å². The SMILES string of the molecule is COc1ccc(COc2cc(OCc3ccc(Cl)c(C#N)c3)ncc2-c2cc(C(F)(F)F)c[nH]2)cc1. The Morgan fingerprint density at radius 2 is 1.72 bits per heavy atom. The van der Waals surface area contributed by atoms with Gasteiger partial charge < -0.3 is 19.2 Å². The standard InChI is InChI=1S/C26H19ClF3N3O3/c1-34-20-5-2-16(3-6-20)14-35-24-10-25(36-15-17-4-7-22(27)18(8-17)11-31)33-13-21(24)23-9-19(12-32-23)26(28,29)30/h2-10,12-13,32H,14-15H2,1H3. The molecule has 2 aromatic carbocycles. The molecule has 4 rings (SSSR count). The zero-order chi connectivity index (χ0) is 25.7. The first kappa shape index (κ1) is 24.9. The van der Waals surface area contributed by atoms with Crippen LogP contribution in [0.4, 0.5) is 13.2 Å². The highest BCUT2D eigenvalue weighted by molar-refractivity contribution is 6.31. The lowest BCUT2D eigenvalue weighted by molar-refractivity contribution is -0.137. The van der Waals surface area contributed by atoms with Crippen molar-refractivity contribution in [3.63, 3.8) is 0 Å². The quantitative estimate of drug-likeness (QED) is 0.281. The molecule has 6 nitrogen and oxygen atoms in total. The highest BCUT2D eigenvalue weighted by Gasteiger charge is 2.32. The second-order valence-electron chi connectivity index (χ2n) is 7.67. The first-order chi connectivity index (χ1) is 17.3. The summed E-state index contributed by atoms with van der Waals surface area (Å²) in [7, 11) is 1.56. The van der Waals surface area contributed by atoms with E-state index >= 15 is 0 Å². The number of ether oxygens (including phenoxy) is 3. The largest absolute Gasteiger partial charge is 0.497 e. The molecule has 1 N–H and O–H groups in total. The van der Waals surface area contributed by atoms with Crippen molar-refractivity contribution in [2.75, 3.05) is 7.11 Å². The molecular weight excluding hydrogens is 495 g/mol. The van der Waals surface area contributed by atoms with Crippen LogP contribution in [0.5, 0.6) is 17.4 Å². The number of pyridine rings is 1. The van der Waals surface area contributed by atoms with Crippen molar-refractivity contribution in [2.24, 2.45) is 0 Å². The summed E-state index contributed by atoms with van der Waals surface area (Å²) in [5.41, 5.74) is 1.56. The van der Waals surface area contributed by atoms with E-state index in [1.807, 2.05) is 18.2 Å². The topological polar surface area (TPSA) is 80.2 Å². The van der Waals surface area contributed by atoms with E-state index in [2.05, 4.69) is 9.97 Å². The molecule has 36 heavy (non-hydrogen) atoms. The lowest BCUT2D eigenvalue weighted by atomic mass is 10.1. The van der Waals surface area contributed by atoms with Crippen molar-refractivity contribution >= 4 is 11.6 Å². The Bertz CT molecular complexity index is 1400. The van der Waals surface area contributed by atoms with Crippen LogP contribution in [0.3, 0.4) is 0 Å². The van der Waals surface area contributed by atoms with E-state index in [1.165, 1.54) is 12.3 Å². The lowest BCUT2D eigenvalue weighted by Gasteiger charge is -2.13. The van der Waals surface area contributed by atoms with E-state index in [0.29, 0.717) is 27.5 Å². The molecule has 0 spiro atoms. The molecule has 0 aliphatic carbocycles. The van der Waals surface area contributed by atoms with Crippen LogP contribution in [0.15, 0.2) is 67.0 Å². The van der Waals surface area contributed by atoms with Gasteiger partial charge >= 0.3 is 6.18 Å². The van der Waals surface area contributed by atoms with Crippen molar-refractivity contribution in [1.82, 2.24) is 9.97 Å². The van der Waals surface area contributed by atoms with E-state index in [4.69, 9.17) is 31.1 Å². The Morgan fingerprint density at radius 3 is 2.39 bits per heavy atom. The van der Waals surface area contributed by atoms with Crippen LogP contribution in [-0.2, 0) is 19.4 Å². The van der Waals surface area contributed by atoms with Crippen LogP contribution < -0.4 is 14.2 Å². The van der Waals surface area contributed by atoms with Crippen LogP contribution in [0.25, 0.3) is 11.3 Å². The Morgan fingerprint density at radius 1 is 1.00 bits per heavy atom. The summed E-state index contributed by atoms with van der Waals surface area (Å²) in [6, 6.07) is 16.6. The van der Waals surface area contributed by atoms with Crippen LogP contribution in [0, 0.1) is 11.3 Å². The zero-order valence-electron chi connectivity index (χ0n) is 18.9. The summed E-state index contributed by atoms with van der Waals surface area (Å²) < 4.78 is 56.3. The minimum Gasteiger partial charge on any atom is -0.497 e. The summed E-state index contributed by atoms with van der Waals surface area (Å²) in [6.45, 7) is 0.243. The summed E-state index contributed by atoms with van der Waals surface area (Å²) in [5, 5.41) is 9.49. The second-order valence-corrected chi connectivity index (χ2v) is 8.08. The molecule has 0 fully saturated rings. The molecular formula is C26H19ClF3N3O3. The third-order valence-corrected chi connectivity index (χ3v) is 5.56. The smallest absolute Gasteiger partial charge is 0.417 e. The van der Waals surface area contributed by atoms with E-state index in [-0.39, 0.29) is 30.5 Å². The summed E-state index contributed by atoms with van der Waals surface area (Å²) >= 11 is 5.97. The van der Waals surface area contributed by atoms with Gasteiger partial charge in [-0.3, -0.25) is 0 Å². The monoisotopic (exact) mass is 513 g/mol. The third-order valence-electron chi connectivity index (χ3n) is 5.23. The highest BCUT2D eigenvalue weighted by Crippen LogP contribution is 2.36. The summed E-state index contributed by atoms with van der Waals surface area (Å²) in [6.07, 6.45) is -2.22. The number of nitriles is 1. The maximum absolute atomic E-state index is 13.1. The van der Waals surface area contributed by atoms with Gasteiger partial charge in [0.25, 0.3) is 0 Å². The molecule has 184 valence electrons. The average Bonchev–Trinajstić information content (AvgIpc) is 3.38. The molecule has 0 unspecified atom stereocenters. The number of aromatic nitrogens is 2. The molecule has 0 aliphatic rings. The summed E-state index contributed by atoms with van der Waals surface area (Å²) in [4.78, 5) is 6.87. The van der Waals surface area contributed by atoms with Gasteiger partial charge in [-0.1, -0.05) is 29.8 Å². The maximum atomic E-state index is 13.1. The van der Waals surface area contributed by atoms with E-state index in [1.54, 1.807) is 37.4 Å². The van der Waals surface area contributed by atoms with Crippen LogP contribution in [0.1, 0.15) is 22.3 Å². The van der Waals surface area contributed by atoms with Gasteiger partial charge in [-0.25, -0.2) is 4.98 Å². The van der Waals surface area contributed by atoms with Crippen LogP contribution in [0.2, 0.25) is 5.02 Å². The Labute approximate surface area is 209 Å². The Kier molecular flexibility index (Phi) is 7.36. The van der Waals surface area contributed by atoms with Gasteiger partial charge in [0.2, 0.25) is 5.88 Å². The molecule has 0 atom stereocenters. The Hall–Kier alpha value is -4.16. The average molecular weight is 514 g/mol. The van der Waals surface area contributed by atoms with E-state index in [0.717, 1.165) is 17.8 Å². The molecule has 0 aliphatic heterocycles. The molecule has 2 aromatic heterocycles. The van der Waals surface area contributed by atoms with Gasteiger partial charge in [0.15, 0.2) is 0 Å². The maximum Gasteiger partial charge on any atom is 0.417 e. The molecule has 0 amide bonds. The van der Waals surface area contributed by atoms with Crippen molar-refractivity contribution in [3.8, 4) is 34.7 Å². The number of rotatable bonds is 8. The number of hydrogen-bond donors (Lipinski definition) is 1. The minimum atomic E-state index is -4.49. The number of H-pyrrole nitrogens is 1. The number of hydrogen-bond acceptors (Lipinski definition) is 5. The molecule has 10 heteroatoms. The van der Waals surface area contributed by atoms with E-state index in [9.17, 15) is 13.2 Å². The van der Waals surface area contributed by atoms with Gasteiger partial charge in [-0.2, -0.15) is 18.4 Å². The van der Waals surface area contributed by atoms with Gasteiger partial charge in [0.05, 0.1) is 34.5 Å². The molecule has 0 bridgehead atoms. The van der Waals surface area contributed by atoms with Gasteiger partial charge in [-0.05, 0) is 41.5 Å². The molecule has 2 heterocycles. The van der Waals surface area contributed by atoms with Crippen LogP contribution in [-0.4, -0.2) is 17.1 Å². The molecule has 4 aromatic rings. The first-order valence-corrected chi connectivity index (χ1v) is 11.0. The highest BCUT2D eigenvalue weighted by atomic mass is 35.5. The van der Waals surface area contributed by atoms with Gasteiger partial charge in [-0.15, -0.1) is 0 Å². The van der Waals surface area contributed by atoms with Crippen molar-refractivity contribution in [3.05, 3.63) is 94.3 Å². The third kappa shape index (κ3) is 5.90.